The lowest BCUT2D eigenvalue weighted by Gasteiger charge is -2.37. The van der Waals surface area contributed by atoms with Crippen molar-refractivity contribution in [1.29, 1.82) is 0 Å². The molecule has 0 atom stereocenters. The largest absolute Gasteiger partial charge is 0.508 e. The average Bonchev–Trinajstić information content (AvgIpc) is 2.67. The van der Waals surface area contributed by atoms with E-state index in [2.05, 4.69) is 15.1 Å². The van der Waals surface area contributed by atoms with Gasteiger partial charge in [-0.1, -0.05) is 24.3 Å². The molecule has 27 heavy (non-hydrogen) atoms. The van der Waals surface area contributed by atoms with Gasteiger partial charge in [0.25, 0.3) is 0 Å². The van der Waals surface area contributed by atoms with Crippen molar-refractivity contribution >= 4 is 35.6 Å². The Balaban J connectivity index is 0.00000261. The van der Waals surface area contributed by atoms with Gasteiger partial charge in [-0.15, -0.1) is 24.0 Å². The number of hydrogen-bond donors (Lipinski definition) is 2. The van der Waals surface area contributed by atoms with Gasteiger partial charge in [-0.2, -0.15) is 0 Å². The molecule has 0 bridgehead atoms. The van der Waals surface area contributed by atoms with Gasteiger partial charge in [0, 0.05) is 32.7 Å². The van der Waals surface area contributed by atoms with Gasteiger partial charge in [0.2, 0.25) is 0 Å². The van der Waals surface area contributed by atoms with Crippen LogP contribution in [0.4, 0.5) is 10.1 Å². The summed E-state index contributed by atoms with van der Waals surface area (Å²) in [5.74, 6) is 0.955. The van der Waals surface area contributed by atoms with Gasteiger partial charge in [-0.3, -0.25) is 0 Å². The standard InChI is InChI=1S/C20H25FN4O.HI/c1-2-22-20(23-15-16-7-9-17(26)10-8-16)25-13-11-24(12-14-25)19-6-4-3-5-18(19)21;/h3-10,26H,2,11-15H2,1H3,(H,22,23);1H. The SMILES string of the molecule is CCNC(=NCc1ccc(O)cc1)N1CCN(c2ccccc2F)CC1.I. The van der Waals surface area contributed by atoms with Crippen molar-refractivity contribution in [3.63, 3.8) is 0 Å². The second-order valence-electron chi connectivity index (χ2n) is 6.26. The molecule has 2 aromatic carbocycles. The Morgan fingerprint density at radius 1 is 1.07 bits per heavy atom. The topological polar surface area (TPSA) is 51.1 Å². The van der Waals surface area contributed by atoms with Crippen LogP contribution < -0.4 is 10.2 Å². The Labute approximate surface area is 176 Å². The number of nitrogens with one attached hydrogen (secondary N) is 1. The van der Waals surface area contributed by atoms with Crippen LogP contribution >= 0.6 is 24.0 Å². The number of anilines is 1. The number of hydrogen-bond acceptors (Lipinski definition) is 3. The quantitative estimate of drug-likeness (QED) is 0.397. The van der Waals surface area contributed by atoms with Crippen LogP contribution in [-0.4, -0.2) is 48.7 Å². The minimum Gasteiger partial charge on any atom is -0.508 e. The second kappa shape index (κ2) is 10.3. The maximum atomic E-state index is 14.0. The van der Waals surface area contributed by atoms with Crippen molar-refractivity contribution < 1.29 is 9.50 Å². The number of guanidine groups is 1. The number of para-hydroxylation sites is 1. The number of aromatic hydroxyl groups is 1. The smallest absolute Gasteiger partial charge is 0.194 e. The predicted octanol–water partition coefficient (Wildman–Crippen LogP) is 3.44. The van der Waals surface area contributed by atoms with Gasteiger partial charge in [-0.25, -0.2) is 9.38 Å². The first-order chi connectivity index (χ1) is 12.7. The summed E-state index contributed by atoms with van der Waals surface area (Å²) >= 11 is 0. The summed E-state index contributed by atoms with van der Waals surface area (Å²) in [5.41, 5.74) is 1.71. The van der Waals surface area contributed by atoms with Gasteiger partial charge in [-0.05, 0) is 36.8 Å². The molecule has 0 spiro atoms. The van der Waals surface area contributed by atoms with Crippen LogP contribution in [0, 0.1) is 5.82 Å². The lowest BCUT2D eigenvalue weighted by atomic mass is 10.2. The molecular weight excluding hydrogens is 458 g/mol. The molecule has 2 N–H and O–H groups in total. The van der Waals surface area contributed by atoms with Gasteiger partial charge in [0.15, 0.2) is 5.96 Å². The summed E-state index contributed by atoms with van der Waals surface area (Å²) < 4.78 is 14.0. The summed E-state index contributed by atoms with van der Waals surface area (Å²) in [6.45, 7) is 6.48. The number of halogens is 2. The van der Waals surface area contributed by atoms with Crippen LogP contribution in [0.2, 0.25) is 0 Å². The highest BCUT2D eigenvalue weighted by Gasteiger charge is 2.21. The second-order valence-corrected chi connectivity index (χ2v) is 6.26. The number of aliphatic imine (C=N–C) groups is 1. The Hall–Kier alpha value is -2.03. The number of nitrogens with zero attached hydrogens (tertiary/aromatic N) is 3. The average molecular weight is 484 g/mol. The van der Waals surface area contributed by atoms with Gasteiger partial charge in [0.1, 0.15) is 11.6 Å². The lowest BCUT2D eigenvalue weighted by molar-refractivity contribution is 0.370. The summed E-state index contributed by atoms with van der Waals surface area (Å²) in [6, 6.07) is 14.0. The molecule has 1 fully saturated rings. The Morgan fingerprint density at radius 2 is 1.74 bits per heavy atom. The maximum absolute atomic E-state index is 14.0. The fraction of sp³-hybridized carbons (Fsp3) is 0.350. The highest BCUT2D eigenvalue weighted by molar-refractivity contribution is 14.0. The Kier molecular flexibility index (Phi) is 8.15. The molecule has 0 aromatic heterocycles. The first-order valence-electron chi connectivity index (χ1n) is 8.98. The molecule has 7 heteroatoms. The van der Waals surface area contributed by atoms with Gasteiger partial charge in [0.05, 0.1) is 12.2 Å². The number of phenolic OH excluding ortho intramolecular Hbond substituents is 1. The molecule has 0 unspecified atom stereocenters. The maximum Gasteiger partial charge on any atom is 0.194 e. The minimum atomic E-state index is -0.172. The minimum absolute atomic E-state index is 0. The van der Waals surface area contributed by atoms with Crippen molar-refractivity contribution in [2.45, 2.75) is 13.5 Å². The van der Waals surface area contributed by atoms with E-state index in [1.54, 1.807) is 18.2 Å². The zero-order chi connectivity index (χ0) is 18.4. The van der Waals surface area contributed by atoms with Gasteiger partial charge >= 0.3 is 0 Å². The summed E-state index contributed by atoms with van der Waals surface area (Å²) in [7, 11) is 0. The fourth-order valence-electron chi connectivity index (χ4n) is 3.06. The molecule has 1 saturated heterocycles. The van der Waals surface area contributed by atoms with Crippen molar-refractivity contribution in [2.24, 2.45) is 4.99 Å². The molecule has 0 saturated carbocycles. The van der Waals surface area contributed by atoms with Crippen molar-refractivity contribution in [2.75, 3.05) is 37.6 Å². The molecule has 1 heterocycles. The van der Waals surface area contributed by atoms with Crippen LogP contribution in [0.1, 0.15) is 12.5 Å². The summed E-state index contributed by atoms with van der Waals surface area (Å²) in [4.78, 5) is 9.00. The third-order valence-corrected chi connectivity index (χ3v) is 4.45. The van der Waals surface area contributed by atoms with E-state index in [0.29, 0.717) is 12.2 Å². The van der Waals surface area contributed by atoms with E-state index in [4.69, 9.17) is 4.99 Å². The molecule has 2 aromatic rings. The van der Waals surface area contributed by atoms with Crippen LogP contribution in [0.5, 0.6) is 5.75 Å². The van der Waals surface area contributed by atoms with E-state index in [-0.39, 0.29) is 35.5 Å². The highest BCUT2D eigenvalue weighted by Crippen LogP contribution is 2.20. The van der Waals surface area contributed by atoms with Crippen molar-refractivity contribution in [1.82, 2.24) is 10.2 Å². The Bertz CT molecular complexity index is 746. The zero-order valence-corrected chi connectivity index (χ0v) is 17.8. The molecule has 146 valence electrons. The highest BCUT2D eigenvalue weighted by atomic mass is 127. The molecular formula is C20H26FIN4O. The van der Waals surface area contributed by atoms with Crippen LogP contribution in [0.25, 0.3) is 0 Å². The Morgan fingerprint density at radius 3 is 2.37 bits per heavy atom. The zero-order valence-electron chi connectivity index (χ0n) is 15.4. The van der Waals surface area contributed by atoms with Crippen LogP contribution in [0.3, 0.4) is 0 Å². The van der Waals surface area contributed by atoms with Gasteiger partial charge < -0.3 is 20.2 Å². The first-order valence-corrected chi connectivity index (χ1v) is 8.98. The molecule has 0 amide bonds. The van der Waals surface area contributed by atoms with E-state index in [1.165, 1.54) is 6.07 Å². The number of benzene rings is 2. The van der Waals surface area contributed by atoms with Crippen LogP contribution in [0.15, 0.2) is 53.5 Å². The number of phenols is 1. The third kappa shape index (κ3) is 5.72. The van der Waals surface area contributed by atoms with E-state index in [0.717, 1.165) is 44.2 Å². The van der Waals surface area contributed by atoms with Crippen molar-refractivity contribution in [3.8, 4) is 5.75 Å². The van der Waals surface area contributed by atoms with Crippen molar-refractivity contribution in [3.05, 3.63) is 59.9 Å². The summed E-state index contributed by atoms with van der Waals surface area (Å²) in [5, 5.41) is 12.7. The molecule has 5 nitrogen and oxygen atoms in total. The molecule has 1 aliphatic rings. The number of rotatable bonds is 4. The summed E-state index contributed by atoms with van der Waals surface area (Å²) in [6.07, 6.45) is 0. The lowest BCUT2D eigenvalue weighted by Crippen LogP contribution is -2.52. The molecule has 0 radical (unpaired) electrons. The molecule has 3 rings (SSSR count). The number of piperazine rings is 1. The van der Waals surface area contributed by atoms with E-state index in [9.17, 15) is 9.50 Å². The van der Waals surface area contributed by atoms with E-state index in [1.807, 2.05) is 31.2 Å². The fourth-order valence-corrected chi connectivity index (χ4v) is 3.06. The molecule has 1 aliphatic heterocycles. The van der Waals surface area contributed by atoms with E-state index < -0.39 is 0 Å². The molecule has 0 aliphatic carbocycles. The normalized spacial score (nSPS) is 14.7. The predicted molar refractivity (Wildman–Crippen MR) is 119 cm³/mol. The first kappa shape index (κ1) is 21.3. The van der Waals surface area contributed by atoms with Crippen LogP contribution in [-0.2, 0) is 6.54 Å². The monoisotopic (exact) mass is 484 g/mol. The third-order valence-electron chi connectivity index (χ3n) is 4.45. The van der Waals surface area contributed by atoms with E-state index >= 15 is 0 Å².